The number of nitrogens with zero attached hydrogens (tertiary/aromatic N) is 4. The van der Waals surface area contributed by atoms with Gasteiger partial charge < -0.3 is 19.5 Å². The van der Waals surface area contributed by atoms with E-state index in [0.29, 0.717) is 18.7 Å². The minimum atomic E-state index is -4.52. The number of halogens is 5. The molecule has 3 amide bonds. The molecule has 2 N–H and O–H groups in total. The molecule has 1 spiro atoms. The molecule has 5 heterocycles. The zero-order chi connectivity index (χ0) is 29.6. The molecular formula is C28H27F5N6O3. The maximum atomic E-state index is 14.7. The number of fused-ring (bicyclic) bond motifs is 3. The number of carbonyl (C=O) groups is 2. The quantitative estimate of drug-likeness (QED) is 0.390. The fourth-order valence-corrected chi connectivity index (χ4v) is 6.21. The summed E-state index contributed by atoms with van der Waals surface area (Å²) < 4.78 is 75.9. The second kappa shape index (κ2) is 10.6. The Morgan fingerprint density at radius 1 is 1.12 bits per heavy atom. The zero-order valence-corrected chi connectivity index (χ0v) is 22.3. The van der Waals surface area contributed by atoms with Gasteiger partial charge in [-0.25, -0.2) is 28.3 Å². The number of nitrogens with one attached hydrogen (secondary N) is 2. The van der Waals surface area contributed by atoms with Gasteiger partial charge in [0, 0.05) is 62.0 Å². The van der Waals surface area contributed by atoms with Crippen molar-refractivity contribution in [2.24, 2.45) is 0 Å². The Balaban J connectivity index is 1.22. The SMILES string of the molecule is O=C1Nc2ncccc2C2(CCN(C(=O)N[C@H]3CC[C@H](c4cccc(F)c4F)Cn4c(CC(F)(F)F)cnc43)CC2)O1. The van der Waals surface area contributed by atoms with Crippen LogP contribution in [0.2, 0.25) is 0 Å². The second-order valence-electron chi connectivity index (χ2n) is 10.8. The molecule has 42 heavy (non-hydrogen) atoms. The van der Waals surface area contributed by atoms with Gasteiger partial charge in [0.05, 0.1) is 12.5 Å². The van der Waals surface area contributed by atoms with Gasteiger partial charge in [-0.05, 0) is 36.6 Å². The minimum Gasteiger partial charge on any atom is -0.437 e. The number of carbonyl (C=O) groups excluding carboxylic acids is 2. The average molecular weight is 591 g/mol. The highest BCUT2D eigenvalue weighted by Crippen LogP contribution is 2.43. The van der Waals surface area contributed by atoms with Crippen molar-refractivity contribution in [3.05, 3.63) is 77.0 Å². The van der Waals surface area contributed by atoms with Crippen LogP contribution in [0, 0.1) is 11.6 Å². The molecule has 0 unspecified atom stereocenters. The van der Waals surface area contributed by atoms with Gasteiger partial charge in [-0.2, -0.15) is 13.2 Å². The van der Waals surface area contributed by atoms with E-state index in [1.807, 2.05) is 6.07 Å². The summed E-state index contributed by atoms with van der Waals surface area (Å²) in [5.41, 5.74) is -0.272. The Morgan fingerprint density at radius 2 is 1.90 bits per heavy atom. The summed E-state index contributed by atoms with van der Waals surface area (Å²) in [6.45, 7) is 0.433. The average Bonchev–Trinajstić information content (AvgIpc) is 3.22. The van der Waals surface area contributed by atoms with Crippen molar-refractivity contribution in [3.8, 4) is 0 Å². The fraction of sp³-hybridized carbons (Fsp3) is 0.429. The minimum absolute atomic E-state index is 0.0490. The van der Waals surface area contributed by atoms with Gasteiger partial charge in [-0.1, -0.05) is 12.1 Å². The van der Waals surface area contributed by atoms with Crippen LogP contribution in [0.5, 0.6) is 0 Å². The first-order chi connectivity index (χ1) is 20.0. The number of likely N-dealkylation sites (tertiary alicyclic amines) is 1. The van der Waals surface area contributed by atoms with Crippen molar-refractivity contribution < 1.29 is 36.3 Å². The first-order valence-corrected chi connectivity index (χ1v) is 13.6. The maximum absolute atomic E-state index is 14.7. The van der Waals surface area contributed by atoms with Gasteiger partial charge in [-0.3, -0.25) is 5.32 Å². The van der Waals surface area contributed by atoms with Crippen LogP contribution >= 0.6 is 0 Å². The molecule has 2 atom stereocenters. The molecule has 14 heteroatoms. The van der Waals surface area contributed by atoms with E-state index in [2.05, 4.69) is 20.6 Å². The lowest BCUT2D eigenvalue weighted by Gasteiger charge is -2.43. The van der Waals surface area contributed by atoms with E-state index in [1.165, 1.54) is 16.7 Å². The molecule has 0 saturated carbocycles. The zero-order valence-electron chi connectivity index (χ0n) is 22.3. The van der Waals surface area contributed by atoms with E-state index in [4.69, 9.17) is 4.74 Å². The first kappa shape index (κ1) is 27.9. The summed E-state index contributed by atoms with van der Waals surface area (Å²) in [4.78, 5) is 35.6. The van der Waals surface area contributed by atoms with Crippen molar-refractivity contribution in [3.63, 3.8) is 0 Å². The van der Waals surface area contributed by atoms with Crippen molar-refractivity contribution in [1.29, 1.82) is 0 Å². The van der Waals surface area contributed by atoms with E-state index >= 15 is 0 Å². The van der Waals surface area contributed by atoms with Crippen molar-refractivity contribution in [2.45, 2.75) is 62.4 Å². The predicted molar refractivity (Wildman–Crippen MR) is 138 cm³/mol. The number of ether oxygens (including phenoxy) is 1. The summed E-state index contributed by atoms with van der Waals surface area (Å²) in [5.74, 6) is -2.08. The van der Waals surface area contributed by atoms with E-state index in [9.17, 15) is 31.5 Å². The number of hydrogen-bond donors (Lipinski definition) is 2. The summed E-state index contributed by atoms with van der Waals surface area (Å²) in [5, 5.41) is 5.48. The Bertz CT molecular complexity index is 1520. The van der Waals surface area contributed by atoms with Gasteiger partial charge >= 0.3 is 18.3 Å². The lowest BCUT2D eigenvalue weighted by atomic mass is 9.83. The number of piperidine rings is 1. The molecular weight excluding hydrogens is 563 g/mol. The largest absolute Gasteiger partial charge is 0.437 e. The highest BCUT2D eigenvalue weighted by molar-refractivity contribution is 5.87. The molecule has 222 valence electrons. The highest BCUT2D eigenvalue weighted by Gasteiger charge is 2.46. The lowest BCUT2D eigenvalue weighted by Crippen LogP contribution is -2.52. The molecule has 3 aliphatic heterocycles. The van der Waals surface area contributed by atoms with Crippen LogP contribution in [0.15, 0.2) is 42.7 Å². The summed E-state index contributed by atoms with van der Waals surface area (Å²) in [7, 11) is 0. The smallest absolute Gasteiger partial charge is 0.413 e. The molecule has 0 aliphatic carbocycles. The lowest BCUT2D eigenvalue weighted by molar-refractivity contribution is -0.128. The van der Waals surface area contributed by atoms with E-state index < -0.39 is 53.9 Å². The number of urea groups is 1. The number of benzene rings is 1. The van der Waals surface area contributed by atoms with Gasteiger partial charge in [0.15, 0.2) is 11.6 Å². The molecule has 0 bridgehead atoms. The Labute approximate surface area is 237 Å². The molecule has 0 radical (unpaired) electrons. The summed E-state index contributed by atoms with van der Waals surface area (Å²) in [6.07, 6.45) is -2.55. The van der Waals surface area contributed by atoms with Crippen LogP contribution in [0.3, 0.4) is 0 Å². The normalized spacial score (nSPS) is 21.5. The number of aromatic nitrogens is 3. The first-order valence-electron chi connectivity index (χ1n) is 13.6. The van der Waals surface area contributed by atoms with Crippen LogP contribution in [0.4, 0.5) is 37.4 Å². The van der Waals surface area contributed by atoms with Gasteiger partial charge in [-0.15, -0.1) is 0 Å². The number of anilines is 1. The van der Waals surface area contributed by atoms with Crippen molar-refractivity contribution >= 4 is 17.9 Å². The third-order valence-electron chi connectivity index (χ3n) is 8.25. The standard InChI is InChI=1S/C28H27F5N6O3/c29-20-5-1-3-18(22(20)30)16-6-7-21(24-35-14-17(39(24)15-16)13-28(31,32)33)36-25(40)38-11-8-27(9-12-38)19-4-2-10-34-23(19)37-26(41)42-27/h1-5,10,14,16,21H,6-9,11-13,15H2,(H,36,40)(H,34,37,41)/t16-,21-/m0/s1. The van der Waals surface area contributed by atoms with Crippen LogP contribution in [-0.4, -0.2) is 50.8 Å². The summed E-state index contributed by atoms with van der Waals surface area (Å²) in [6, 6.07) is 6.11. The Kier molecular flexibility index (Phi) is 7.01. The molecule has 1 saturated heterocycles. The van der Waals surface area contributed by atoms with Gasteiger partial charge in [0.2, 0.25) is 0 Å². The van der Waals surface area contributed by atoms with Crippen LogP contribution < -0.4 is 10.6 Å². The van der Waals surface area contributed by atoms with E-state index in [-0.39, 0.29) is 49.6 Å². The topological polar surface area (TPSA) is 101 Å². The van der Waals surface area contributed by atoms with Crippen molar-refractivity contribution in [1.82, 2.24) is 24.8 Å². The van der Waals surface area contributed by atoms with Gasteiger partial charge in [0.1, 0.15) is 17.2 Å². The van der Waals surface area contributed by atoms with Crippen LogP contribution in [0.1, 0.15) is 60.3 Å². The van der Waals surface area contributed by atoms with Crippen LogP contribution in [-0.2, 0) is 23.3 Å². The molecule has 1 aromatic carbocycles. The number of alkyl halides is 3. The molecule has 6 rings (SSSR count). The third-order valence-corrected chi connectivity index (χ3v) is 8.25. The maximum Gasteiger partial charge on any atom is 0.413 e. The second-order valence-corrected chi connectivity index (χ2v) is 10.8. The number of rotatable bonds is 3. The molecule has 3 aliphatic rings. The highest BCUT2D eigenvalue weighted by atomic mass is 19.4. The molecule has 2 aromatic heterocycles. The third kappa shape index (κ3) is 5.25. The van der Waals surface area contributed by atoms with Crippen molar-refractivity contribution in [2.75, 3.05) is 18.4 Å². The van der Waals surface area contributed by atoms with Crippen LogP contribution in [0.25, 0.3) is 0 Å². The van der Waals surface area contributed by atoms with E-state index in [1.54, 1.807) is 17.2 Å². The van der Waals surface area contributed by atoms with E-state index in [0.717, 1.165) is 17.8 Å². The fourth-order valence-electron chi connectivity index (χ4n) is 6.21. The predicted octanol–water partition coefficient (Wildman–Crippen LogP) is 5.54. The van der Waals surface area contributed by atoms with Gasteiger partial charge in [0.25, 0.3) is 0 Å². The number of amides is 3. The number of hydrogen-bond acceptors (Lipinski definition) is 5. The molecule has 3 aromatic rings. The number of pyridine rings is 1. The molecule has 9 nitrogen and oxygen atoms in total. The number of imidazole rings is 1. The monoisotopic (exact) mass is 590 g/mol. The molecule has 1 fully saturated rings. The summed E-state index contributed by atoms with van der Waals surface area (Å²) >= 11 is 0. The Morgan fingerprint density at radius 3 is 2.67 bits per heavy atom. The Hall–Kier alpha value is -4.23.